The van der Waals surface area contributed by atoms with Crippen molar-refractivity contribution in [3.05, 3.63) is 139 Å². The second-order valence-electron chi connectivity index (χ2n) is 13.0. The lowest BCUT2D eigenvalue weighted by Crippen LogP contribution is -2.43. The van der Waals surface area contributed by atoms with E-state index in [0.29, 0.717) is 17.5 Å². The maximum absolute atomic E-state index is 5.03. The molecule has 0 fully saturated rings. The molecule has 1 aliphatic carbocycles. The number of hydrogen-bond donors (Lipinski definition) is 0. The monoisotopic (exact) mass is 567 g/mol. The van der Waals surface area contributed by atoms with Gasteiger partial charge in [0.1, 0.15) is 0 Å². The van der Waals surface area contributed by atoms with E-state index in [1.54, 1.807) is 0 Å². The Morgan fingerprint density at radius 1 is 0.386 bits per heavy atom. The first-order valence-electron chi connectivity index (χ1n) is 15.3. The molecule has 3 heteroatoms. The molecule has 1 aromatic heterocycles. The lowest BCUT2D eigenvalue weighted by Gasteiger charge is -2.48. The summed E-state index contributed by atoms with van der Waals surface area (Å²) >= 11 is 0. The summed E-state index contributed by atoms with van der Waals surface area (Å²) in [7, 11) is 0. The Hall–Kier alpha value is -5.15. The van der Waals surface area contributed by atoms with Gasteiger partial charge >= 0.3 is 0 Å². The normalized spacial score (nSPS) is 14.7. The van der Waals surface area contributed by atoms with E-state index in [-0.39, 0.29) is 10.8 Å². The van der Waals surface area contributed by atoms with E-state index >= 15 is 0 Å². The van der Waals surface area contributed by atoms with Crippen molar-refractivity contribution in [1.82, 2.24) is 15.0 Å². The van der Waals surface area contributed by atoms with Crippen molar-refractivity contribution in [2.75, 3.05) is 0 Å². The Bertz CT molecular complexity index is 2160. The largest absolute Gasteiger partial charge is 0.208 e. The van der Waals surface area contributed by atoms with Crippen LogP contribution in [0.2, 0.25) is 0 Å². The van der Waals surface area contributed by atoms with Crippen LogP contribution in [0.1, 0.15) is 38.8 Å². The molecule has 3 nitrogen and oxygen atoms in total. The molecule has 0 spiro atoms. The molecule has 0 radical (unpaired) electrons. The average molecular weight is 568 g/mol. The van der Waals surface area contributed by atoms with Crippen LogP contribution in [0.25, 0.3) is 66.8 Å². The summed E-state index contributed by atoms with van der Waals surface area (Å²) < 4.78 is 0. The van der Waals surface area contributed by atoms with Gasteiger partial charge in [0.2, 0.25) is 0 Å². The first kappa shape index (κ1) is 26.5. The molecule has 0 N–H and O–H groups in total. The van der Waals surface area contributed by atoms with Crippen molar-refractivity contribution in [2.45, 2.75) is 38.5 Å². The molecule has 0 bridgehead atoms. The Morgan fingerprint density at radius 2 is 0.909 bits per heavy atom. The topological polar surface area (TPSA) is 38.7 Å². The van der Waals surface area contributed by atoms with Crippen molar-refractivity contribution in [3.63, 3.8) is 0 Å². The molecule has 212 valence electrons. The molecule has 8 rings (SSSR count). The number of fused-ring (bicyclic) bond motifs is 6. The number of rotatable bonds is 3. The second kappa shape index (κ2) is 9.68. The fourth-order valence-electron chi connectivity index (χ4n) is 6.84. The summed E-state index contributed by atoms with van der Waals surface area (Å²) in [6.45, 7) is 9.53. The molecule has 6 aromatic carbocycles. The standard InChI is InChI=1S/C41H33N3/c1-40(2)35-24-30(39-43-37(27-14-7-5-8-15-27)42-38(44-39)28-16-9-6-10-17-28)21-22-32(35)34-25-33-29(23-36(34)41(40,3)4)20-19-26-13-11-12-18-31(26)33/h5-25H,1-4H3. The Balaban J connectivity index is 1.36. The predicted molar refractivity (Wildman–Crippen MR) is 183 cm³/mol. The maximum atomic E-state index is 5.03. The van der Waals surface area contributed by atoms with Crippen LogP contribution in [0.3, 0.4) is 0 Å². The molecule has 0 amide bonds. The minimum atomic E-state index is -0.145. The fourth-order valence-corrected chi connectivity index (χ4v) is 6.84. The Labute approximate surface area is 258 Å². The second-order valence-corrected chi connectivity index (χ2v) is 13.0. The number of nitrogens with zero attached hydrogens (tertiary/aromatic N) is 3. The summed E-state index contributed by atoms with van der Waals surface area (Å²) in [5.41, 5.74) is 7.98. The van der Waals surface area contributed by atoms with E-state index in [9.17, 15) is 0 Å². The Kier molecular flexibility index (Phi) is 5.83. The molecular formula is C41H33N3. The summed E-state index contributed by atoms with van der Waals surface area (Å²) in [5.74, 6) is 2.04. The molecule has 0 unspecified atom stereocenters. The average Bonchev–Trinajstić information content (AvgIpc) is 3.07. The summed E-state index contributed by atoms with van der Waals surface area (Å²) in [4.78, 5) is 15.0. The molecule has 1 aliphatic rings. The highest BCUT2D eigenvalue weighted by Gasteiger charge is 2.46. The predicted octanol–water partition coefficient (Wildman–Crippen LogP) is 10.4. The zero-order chi connectivity index (χ0) is 30.1. The van der Waals surface area contributed by atoms with Gasteiger partial charge in [-0.1, -0.05) is 137 Å². The molecule has 1 heterocycles. The third-order valence-corrected chi connectivity index (χ3v) is 10.1. The highest BCUT2D eigenvalue weighted by molar-refractivity contribution is 6.09. The zero-order valence-electron chi connectivity index (χ0n) is 25.5. The van der Waals surface area contributed by atoms with Crippen molar-refractivity contribution in [2.24, 2.45) is 0 Å². The van der Waals surface area contributed by atoms with Crippen LogP contribution in [0.4, 0.5) is 0 Å². The lowest BCUT2D eigenvalue weighted by molar-refractivity contribution is 0.299. The number of aromatic nitrogens is 3. The SMILES string of the molecule is CC1(C)c2cc(-c3nc(-c4ccccc4)nc(-c4ccccc4)n3)ccc2-c2cc3c(ccc4ccccc43)cc2C1(C)C. The van der Waals surface area contributed by atoms with E-state index in [1.165, 1.54) is 43.8 Å². The minimum absolute atomic E-state index is 0.114. The maximum Gasteiger partial charge on any atom is 0.164 e. The molecule has 0 saturated heterocycles. The number of benzene rings is 6. The van der Waals surface area contributed by atoms with Gasteiger partial charge in [-0.3, -0.25) is 0 Å². The Morgan fingerprint density at radius 3 is 1.55 bits per heavy atom. The zero-order valence-corrected chi connectivity index (χ0v) is 25.5. The van der Waals surface area contributed by atoms with Gasteiger partial charge in [0.05, 0.1) is 0 Å². The third-order valence-electron chi connectivity index (χ3n) is 10.1. The van der Waals surface area contributed by atoms with Crippen LogP contribution in [0, 0.1) is 0 Å². The number of hydrogen-bond acceptors (Lipinski definition) is 3. The van der Waals surface area contributed by atoms with Crippen LogP contribution in [0.15, 0.2) is 127 Å². The van der Waals surface area contributed by atoms with E-state index < -0.39 is 0 Å². The van der Waals surface area contributed by atoms with Gasteiger partial charge in [-0.25, -0.2) is 15.0 Å². The van der Waals surface area contributed by atoms with Gasteiger partial charge in [-0.15, -0.1) is 0 Å². The lowest BCUT2D eigenvalue weighted by atomic mass is 9.55. The van der Waals surface area contributed by atoms with Crippen LogP contribution in [0.5, 0.6) is 0 Å². The summed E-state index contributed by atoms with van der Waals surface area (Å²) in [6.07, 6.45) is 0. The molecular weight excluding hydrogens is 534 g/mol. The first-order chi connectivity index (χ1) is 21.3. The quantitative estimate of drug-likeness (QED) is 0.199. The van der Waals surface area contributed by atoms with Crippen molar-refractivity contribution in [1.29, 1.82) is 0 Å². The van der Waals surface area contributed by atoms with Gasteiger partial charge in [0.25, 0.3) is 0 Å². The van der Waals surface area contributed by atoms with Crippen LogP contribution >= 0.6 is 0 Å². The molecule has 7 aromatic rings. The third kappa shape index (κ3) is 4.00. The first-order valence-corrected chi connectivity index (χ1v) is 15.3. The van der Waals surface area contributed by atoms with Crippen molar-refractivity contribution in [3.8, 4) is 45.3 Å². The van der Waals surface area contributed by atoms with Gasteiger partial charge in [0.15, 0.2) is 17.5 Å². The van der Waals surface area contributed by atoms with Gasteiger partial charge in [0, 0.05) is 16.7 Å². The van der Waals surface area contributed by atoms with Crippen LogP contribution < -0.4 is 0 Å². The van der Waals surface area contributed by atoms with Gasteiger partial charge < -0.3 is 0 Å². The highest BCUT2D eigenvalue weighted by Crippen LogP contribution is 2.55. The van der Waals surface area contributed by atoms with Crippen LogP contribution in [-0.2, 0) is 10.8 Å². The van der Waals surface area contributed by atoms with E-state index in [0.717, 1.165) is 16.7 Å². The van der Waals surface area contributed by atoms with E-state index in [2.05, 4.69) is 119 Å². The van der Waals surface area contributed by atoms with Crippen LogP contribution in [-0.4, -0.2) is 15.0 Å². The summed E-state index contributed by atoms with van der Waals surface area (Å²) in [6, 6.07) is 45.2. The van der Waals surface area contributed by atoms with Gasteiger partial charge in [-0.05, 0) is 72.8 Å². The minimum Gasteiger partial charge on any atom is -0.208 e. The highest BCUT2D eigenvalue weighted by atomic mass is 15.0. The van der Waals surface area contributed by atoms with E-state index in [4.69, 9.17) is 15.0 Å². The van der Waals surface area contributed by atoms with E-state index in [1.807, 2.05) is 36.4 Å². The van der Waals surface area contributed by atoms with Crippen molar-refractivity contribution < 1.29 is 0 Å². The molecule has 0 aliphatic heterocycles. The summed E-state index contributed by atoms with van der Waals surface area (Å²) in [5, 5.41) is 5.15. The molecule has 0 atom stereocenters. The fraction of sp³-hybridized carbons (Fsp3) is 0.146. The molecule has 44 heavy (non-hydrogen) atoms. The van der Waals surface area contributed by atoms with Crippen molar-refractivity contribution >= 4 is 21.5 Å². The van der Waals surface area contributed by atoms with Gasteiger partial charge in [-0.2, -0.15) is 0 Å². The smallest absolute Gasteiger partial charge is 0.164 e. The molecule has 0 saturated carbocycles.